The lowest BCUT2D eigenvalue weighted by molar-refractivity contribution is 0.965. The fourth-order valence-corrected chi connectivity index (χ4v) is 10.5. The second kappa shape index (κ2) is 20.5. The number of hydrogen-bond acceptors (Lipinski definition) is 5. The third kappa shape index (κ3) is 9.14. The zero-order valence-corrected chi connectivity index (χ0v) is 41.2. The summed E-state index contributed by atoms with van der Waals surface area (Å²) in [6.07, 6.45) is 6.65. The lowest BCUT2D eigenvalue weighted by Crippen LogP contribution is -1.97. The lowest BCUT2D eigenvalue weighted by atomic mass is 9.86. The van der Waals surface area contributed by atoms with E-state index in [2.05, 4.69) is 142 Å². The highest BCUT2D eigenvalue weighted by molar-refractivity contribution is 6.08. The highest BCUT2D eigenvalue weighted by Crippen LogP contribution is 2.42. The maximum Gasteiger partial charge on any atom is 0.191 e. The maximum absolute atomic E-state index is 10.9. The molecule has 0 N–H and O–H groups in total. The summed E-state index contributed by atoms with van der Waals surface area (Å²) in [6.45, 7) is 8.16. The number of aryl methyl sites for hydroxylation is 2. The molecule has 3 heterocycles. The van der Waals surface area contributed by atoms with Crippen molar-refractivity contribution in [2.45, 2.75) is 12.8 Å². The Kier molecular flexibility index (Phi) is 12.5. The average molecular weight is 969 g/mol. The van der Waals surface area contributed by atoms with Crippen LogP contribution in [-0.2, 0) is 12.8 Å². The van der Waals surface area contributed by atoms with Crippen LogP contribution in [0.2, 0.25) is 0 Å². The molecule has 0 aliphatic rings. The maximum atomic E-state index is 10.9. The Labute approximate surface area is 441 Å². The van der Waals surface area contributed by atoms with Gasteiger partial charge >= 0.3 is 0 Å². The average Bonchev–Trinajstić information content (AvgIpc) is 3.53. The summed E-state index contributed by atoms with van der Waals surface area (Å²) in [5.41, 5.74) is 18.3. The molecule has 0 fully saturated rings. The van der Waals surface area contributed by atoms with E-state index in [1.807, 2.05) is 115 Å². The van der Waals surface area contributed by atoms with Crippen LogP contribution < -0.4 is 0 Å². The van der Waals surface area contributed by atoms with E-state index in [0.29, 0.717) is 29.7 Å². The number of aromatic nitrogens is 3. The fourth-order valence-electron chi connectivity index (χ4n) is 10.5. The molecule has 0 atom stereocenters. The van der Waals surface area contributed by atoms with Gasteiger partial charge in [-0.1, -0.05) is 158 Å². The monoisotopic (exact) mass is 968 g/mol. The van der Waals surface area contributed by atoms with E-state index in [1.54, 1.807) is 12.4 Å². The van der Waals surface area contributed by atoms with Gasteiger partial charge in [0.15, 0.2) is 5.69 Å². The molecule has 0 radical (unpaired) electrons. The Balaban J connectivity index is 0.932. The SMILES string of the molecule is [C-]#[N+]c1cc(-c2ccccn2)ccc1CCc1cc(-c2ccccc2-c2ccc(-c3ccccn3)cc2C#N)cc(-c2ccccc2-c2ccc(-c3cc(-c4ccc5c(ccc6ccccc65)c4)ccn3)cc2C#N)c1. The van der Waals surface area contributed by atoms with Crippen molar-refractivity contribution in [1.82, 2.24) is 15.0 Å². The molecule has 0 aliphatic carbocycles. The summed E-state index contributed by atoms with van der Waals surface area (Å²) in [5.74, 6) is 0. The van der Waals surface area contributed by atoms with Gasteiger partial charge in [-0.2, -0.15) is 10.5 Å². The van der Waals surface area contributed by atoms with E-state index in [1.165, 1.54) is 21.5 Å². The number of hydrogen-bond donors (Lipinski definition) is 0. The molecular formula is C70H44N6. The van der Waals surface area contributed by atoms with Crippen LogP contribution in [0.1, 0.15) is 22.3 Å². The summed E-state index contributed by atoms with van der Waals surface area (Å²) >= 11 is 0. The summed E-state index contributed by atoms with van der Waals surface area (Å²) in [7, 11) is 0. The van der Waals surface area contributed by atoms with Gasteiger partial charge in [-0.25, -0.2) is 4.85 Å². The zero-order valence-electron chi connectivity index (χ0n) is 41.2. The molecule has 76 heavy (non-hydrogen) atoms. The lowest BCUT2D eigenvalue weighted by Gasteiger charge is -2.18. The second-order valence-corrected chi connectivity index (χ2v) is 18.8. The molecule has 0 aliphatic heterocycles. The van der Waals surface area contributed by atoms with E-state index in [9.17, 15) is 10.5 Å². The Hall–Kier alpha value is -10.6. The first-order valence-corrected chi connectivity index (χ1v) is 25.2. The largest absolute Gasteiger partial charge is 0.256 e. The predicted octanol–water partition coefficient (Wildman–Crippen LogP) is 17.6. The van der Waals surface area contributed by atoms with Gasteiger partial charge in [0.1, 0.15) is 0 Å². The number of pyridine rings is 3. The van der Waals surface area contributed by atoms with Crippen molar-refractivity contribution in [3.05, 3.63) is 277 Å². The quantitative estimate of drug-likeness (QED) is 0.0951. The van der Waals surface area contributed by atoms with Gasteiger partial charge in [0.25, 0.3) is 0 Å². The highest BCUT2D eigenvalue weighted by Gasteiger charge is 2.19. The van der Waals surface area contributed by atoms with Crippen molar-refractivity contribution in [2.24, 2.45) is 0 Å². The van der Waals surface area contributed by atoms with Crippen LogP contribution >= 0.6 is 0 Å². The fraction of sp³-hybridized carbons (Fsp3) is 0.0286. The smallest absolute Gasteiger partial charge is 0.191 e. The summed E-state index contributed by atoms with van der Waals surface area (Å²) in [4.78, 5) is 17.8. The first-order valence-electron chi connectivity index (χ1n) is 25.2. The number of benzene rings is 9. The molecule has 354 valence electrons. The first kappa shape index (κ1) is 46.5. The van der Waals surface area contributed by atoms with Crippen LogP contribution in [0.15, 0.2) is 243 Å². The molecule has 0 unspecified atom stereocenters. The number of nitriles is 2. The third-order valence-corrected chi connectivity index (χ3v) is 14.3. The second-order valence-electron chi connectivity index (χ2n) is 18.8. The molecule has 12 aromatic rings. The highest BCUT2D eigenvalue weighted by atomic mass is 14.7. The van der Waals surface area contributed by atoms with Crippen LogP contribution in [-0.4, -0.2) is 15.0 Å². The molecule has 3 aromatic heterocycles. The number of rotatable bonds is 11. The molecule has 12 rings (SSSR count). The van der Waals surface area contributed by atoms with Crippen LogP contribution in [0.4, 0.5) is 5.69 Å². The molecule has 0 bridgehead atoms. The minimum Gasteiger partial charge on any atom is -0.256 e. The minimum atomic E-state index is 0.537. The summed E-state index contributed by atoms with van der Waals surface area (Å²) < 4.78 is 0. The van der Waals surface area contributed by atoms with E-state index < -0.39 is 0 Å². The summed E-state index contributed by atoms with van der Waals surface area (Å²) in [5, 5.41) is 26.4. The van der Waals surface area contributed by atoms with E-state index >= 15 is 0 Å². The molecule has 0 amide bonds. The topological polar surface area (TPSA) is 90.6 Å². The number of nitrogens with zero attached hydrogens (tertiary/aromatic N) is 6. The van der Waals surface area contributed by atoms with Crippen LogP contribution in [0.25, 0.3) is 116 Å². The standard InChI is InChI=1S/C70H44N6/c1-73-69-43-54(68-19-9-11-34-75-68)25-23-48(69)21-20-46-36-55(60-14-4-6-16-65(60)63-30-27-52(39-57(63)44-71)67-18-8-10-33-74-67)41-56(37-46)61-15-5-7-17-66(61)64-31-28-53(40-58(64)45-72)70-42-50(32-35-76-70)49-26-29-62-51(38-49)24-22-47-12-2-3-13-59(47)62/h2-19,22-43H,20-21H2. The minimum absolute atomic E-state index is 0.537. The van der Waals surface area contributed by atoms with Crippen molar-refractivity contribution in [3.8, 4) is 102 Å². The van der Waals surface area contributed by atoms with Crippen LogP contribution in [0.5, 0.6) is 0 Å². The van der Waals surface area contributed by atoms with Gasteiger partial charge in [-0.15, -0.1) is 0 Å². The van der Waals surface area contributed by atoms with Crippen molar-refractivity contribution in [2.75, 3.05) is 0 Å². The predicted molar refractivity (Wildman–Crippen MR) is 308 cm³/mol. The molecule has 0 saturated carbocycles. The Bertz CT molecular complexity index is 4330. The zero-order chi connectivity index (χ0) is 51.4. The Morgan fingerprint density at radius 3 is 1.51 bits per heavy atom. The van der Waals surface area contributed by atoms with Gasteiger partial charge in [-0.05, 0) is 162 Å². The van der Waals surface area contributed by atoms with Gasteiger partial charge in [0.2, 0.25) is 0 Å². The molecule has 9 aromatic carbocycles. The molecule has 0 spiro atoms. The van der Waals surface area contributed by atoms with Crippen molar-refractivity contribution < 1.29 is 0 Å². The van der Waals surface area contributed by atoms with Crippen molar-refractivity contribution >= 4 is 27.2 Å². The van der Waals surface area contributed by atoms with Crippen molar-refractivity contribution in [3.63, 3.8) is 0 Å². The first-order chi connectivity index (χ1) is 37.5. The van der Waals surface area contributed by atoms with Crippen LogP contribution in [0.3, 0.4) is 0 Å². The molecular weight excluding hydrogens is 925 g/mol. The third-order valence-electron chi connectivity index (χ3n) is 14.3. The van der Waals surface area contributed by atoms with E-state index in [4.69, 9.17) is 11.6 Å². The normalized spacial score (nSPS) is 11.0. The Morgan fingerprint density at radius 2 is 0.882 bits per heavy atom. The summed E-state index contributed by atoms with van der Waals surface area (Å²) in [6, 6.07) is 81.4. The molecule has 0 saturated heterocycles. The van der Waals surface area contributed by atoms with Gasteiger partial charge < -0.3 is 0 Å². The van der Waals surface area contributed by atoms with Gasteiger partial charge in [0, 0.05) is 40.8 Å². The van der Waals surface area contributed by atoms with Crippen molar-refractivity contribution in [1.29, 1.82) is 10.5 Å². The van der Waals surface area contributed by atoms with Crippen LogP contribution in [0, 0.1) is 29.2 Å². The Morgan fingerprint density at radius 1 is 0.355 bits per heavy atom. The van der Waals surface area contributed by atoms with Gasteiger partial charge in [0.05, 0.1) is 46.9 Å². The van der Waals surface area contributed by atoms with E-state index in [0.717, 1.165) is 101 Å². The van der Waals surface area contributed by atoms with E-state index in [-0.39, 0.29) is 0 Å². The number of fused-ring (bicyclic) bond motifs is 3. The molecule has 6 nitrogen and oxygen atoms in total. The molecule has 6 heteroatoms. The van der Waals surface area contributed by atoms with Gasteiger partial charge in [-0.3, -0.25) is 15.0 Å².